The fourth-order valence-corrected chi connectivity index (χ4v) is 2.97. The summed E-state index contributed by atoms with van der Waals surface area (Å²) in [7, 11) is 0. The van der Waals surface area contributed by atoms with Gasteiger partial charge in [0.25, 0.3) is 11.8 Å². The van der Waals surface area contributed by atoms with E-state index in [1.54, 1.807) is 40.1 Å². The van der Waals surface area contributed by atoms with Gasteiger partial charge < -0.3 is 15.1 Å². The number of nitrogens with zero attached hydrogens (tertiary/aromatic N) is 3. The largest absolute Gasteiger partial charge is 0.347 e. The van der Waals surface area contributed by atoms with E-state index in [1.807, 2.05) is 0 Å². The minimum atomic E-state index is -0.487. The summed E-state index contributed by atoms with van der Waals surface area (Å²) in [5.74, 6) is -1.19. The number of hydrogen-bond acceptors (Lipinski definition) is 4. The van der Waals surface area contributed by atoms with Crippen molar-refractivity contribution in [3.05, 3.63) is 65.2 Å². The van der Waals surface area contributed by atoms with E-state index in [1.165, 1.54) is 19.1 Å². The second kappa shape index (κ2) is 8.60. The highest BCUT2D eigenvalue weighted by Crippen LogP contribution is 2.10. The first kappa shape index (κ1) is 19.5. The zero-order chi connectivity index (χ0) is 20.1. The second-order valence-electron chi connectivity index (χ2n) is 6.48. The van der Waals surface area contributed by atoms with E-state index in [0.717, 1.165) is 0 Å². The first-order valence-corrected chi connectivity index (χ1v) is 8.99. The fraction of sp³-hybridized carbons (Fsp3) is 0.300. The monoisotopic (exact) mass is 384 g/mol. The Bertz CT molecular complexity index is 895. The number of pyridine rings is 1. The van der Waals surface area contributed by atoms with Gasteiger partial charge in [0, 0.05) is 45.2 Å². The third kappa shape index (κ3) is 4.51. The van der Waals surface area contributed by atoms with Crippen molar-refractivity contribution in [3.63, 3.8) is 0 Å². The number of rotatable bonds is 4. The number of benzene rings is 1. The number of hydrogen-bond donors (Lipinski definition) is 1. The molecule has 0 radical (unpaired) electrons. The maximum atomic E-state index is 13.7. The van der Waals surface area contributed by atoms with Crippen molar-refractivity contribution >= 4 is 17.7 Å². The SMILES string of the molecule is CC(=O)N1CCN(C(=O)c2cccc(C(=O)NCc3ccccc3F)n2)CC1. The van der Waals surface area contributed by atoms with Crippen LogP contribution >= 0.6 is 0 Å². The van der Waals surface area contributed by atoms with Crippen LogP contribution in [0.25, 0.3) is 0 Å². The van der Waals surface area contributed by atoms with Crippen molar-refractivity contribution in [3.8, 4) is 0 Å². The molecular weight excluding hydrogens is 363 g/mol. The van der Waals surface area contributed by atoms with Crippen LogP contribution in [0.4, 0.5) is 4.39 Å². The first-order chi connectivity index (χ1) is 13.5. The molecule has 1 aliphatic rings. The number of amides is 3. The van der Waals surface area contributed by atoms with Crippen LogP contribution in [-0.4, -0.2) is 58.7 Å². The van der Waals surface area contributed by atoms with Crippen LogP contribution in [0.1, 0.15) is 33.5 Å². The van der Waals surface area contributed by atoms with Gasteiger partial charge in [0.2, 0.25) is 5.91 Å². The van der Waals surface area contributed by atoms with E-state index in [0.29, 0.717) is 31.7 Å². The number of halogens is 1. The van der Waals surface area contributed by atoms with Crippen molar-refractivity contribution in [1.82, 2.24) is 20.1 Å². The molecular formula is C20H21FN4O3. The van der Waals surface area contributed by atoms with Crippen LogP contribution in [0.3, 0.4) is 0 Å². The quantitative estimate of drug-likeness (QED) is 0.865. The zero-order valence-electron chi connectivity index (χ0n) is 15.5. The van der Waals surface area contributed by atoms with Crippen LogP contribution in [0.5, 0.6) is 0 Å². The van der Waals surface area contributed by atoms with Crippen molar-refractivity contribution in [1.29, 1.82) is 0 Å². The molecule has 146 valence electrons. The van der Waals surface area contributed by atoms with Crippen LogP contribution in [-0.2, 0) is 11.3 Å². The smallest absolute Gasteiger partial charge is 0.272 e. The molecule has 0 spiro atoms. The minimum Gasteiger partial charge on any atom is -0.347 e. The summed E-state index contributed by atoms with van der Waals surface area (Å²) in [6, 6.07) is 10.8. The molecule has 1 fully saturated rings. The Labute approximate surface area is 162 Å². The normalized spacial score (nSPS) is 13.9. The molecule has 2 heterocycles. The van der Waals surface area contributed by atoms with Crippen LogP contribution < -0.4 is 5.32 Å². The topological polar surface area (TPSA) is 82.6 Å². The molecule has 0 unspecified atom stereocenters. The van der Waals surface area contributed by atoms with Crippen molar-refractivity contribution in [2.75, 3.05) is 26.2 Å². The molecule has 3 rings (SSSR count). The van der Waals surface area contributed by atoms with Gasteiger partial charge in [-0.1, -0.05) is 24.3 Å². The van der Waals surface area contributed by atoms with E-state index < -0.39 is 11.7 Å². The Morgan fingerprint density at radius 1 is 0.964 bits per heavy atom. The van der Waals surface area contributed by atoms with E-state index in [2.05, 4.69) is 10.3 Å². The van der Waals surface area contributed by atoms with Gasteiger partial charge in [-0.15, -0.1) is 0 Å². The van der Waals surface area contributed by atoms with Gasteiger partial charge in [0.1, 0.15) is 17.2 Å². The summed E-state index contributed by atoms with van der Waals surface area (Å²) in [5, 5.41) is 2.61. The average molecular weight is 384 g/mol. The molecule has 1 N–H and O–H groups in total. The Balaban J connectivity index is 1.63. The molecule has 0 aliphatic carbocycles. The lowest BCUT2D eigenvalue weighted by Crippen LogP contribution is -2.50. The highest BCUT2D eigenvalue weighted by molar-refractivity contribution is 5.96. The highest BCUT2D eigenvalue weighted by atomic mass is 19.1. The van der Waals surface area contributed by atoms with E-state index in [4.69, 9.17) is 0 Å². The van der Waals surface area contributed by atoms with Gasteiger partial charge in [0.15, 0.2) is 0 Å². The molecule has 8 heteroatoms. The summed E-state index contributed by atoms with van der Waals surface area (Å²) >= 11 is 0. The first-order valence-electron chi connectivity index (χ1n) is 8.99. The van der Waals surface area contributed by atoms with Crippen molar-refractivity contribution in [2.45, 2.75) is 13.5 Å². The van der Waals surface area contributed by atoms with Gasteiger partial charge in [-0.05, 0) is 18.2 Å². The van der Waals surface area contributed by atoms with Crippen molar-refractivity contribution < 1.29 is 18.8 Å². The lowest BCUT2D eigenvalue weighted by Gasteiger charge is -2.34. The predicted octanol–water partition coefficient (Wildman–Crippen LogP) is 1.45. The summed E-state index contributed by atoms with van der Waals surface area (Å²) in [6.07, 6.45) is 0. The van der Waals surface area contributed by atoms with Gasteiger partial charge >= 0.3 is 0 Å². The number of nitrogens with one attached hydrogen (secondary N) is 1. The van der Waals surface area contributed by atoms with Gasteiger partial charge in [0.05, 0.1) is 0 Å². The molecule has 1 aromatic heterocycles. The number of carbonyl (C=O) groups is 3. The second-order valence-corrected chi connectivity index (χ2v) is 6.48. The van der Waals surface area contributed by atoms with Crippen LogP contribution in [0, 0.1) is 5.82 Å². The molecule has 28 heavy (non-hydrogen) atoms. The molecule has 7 nitrogen and oxygen atoms in total. The Hall–Kier alpha value is -3.29. The third-order valence-electron chi connectivity index (χ3n) is 4.61. The molecule has 3 amide bonds. The summed E-state index contributed by atoms with van der Waals surface area (Å²) < 4.78 is 13.7. The molecule has 1 aliphatic heterocycles. The van der Waals surface area contributed by atoms with E-state index in [-0.39, 0.29) is 29.7 Å². The number of aromatic nitrogens is 1. The Morgan fingerprint density at radius 3 is 2.29 bits per heavy atom. The summed E-state index contributed by atoms with van der Waals surface area (Å²) in [5.41, 5.74) is 0.616. The third-order valence-corrected chi connectivity index (χ3v) is 4.61. The minimum absolute atomic E-state index is 0.0151. The maximum absolute atomic E-state index is 13.7. The maximum Gasteiger partial charge on any atom is 0.272 e. The lowest BCUT2D eigenvalue weighted by atomic mass is 10.2. The van der Waals surface area contributed by atoms with Crippen LogP contribution in [0.15, 0.2) is 42.5 Å². The molecule has 0 saturated carbocycles. The molecule has 2 aromatic rings. The molecule has 1 aromatic carbocycles. The Morgan fingerprint density at radius 2 is 1.61 bits per heavy atom. The number of carbonyl (C=O) groups excluding carboxylic acids is 3. The van der Waals surface area contributed by atoms with Gasteiger partial charge in [-0.25, -0.2) is 9.37 Å². The van der Waals surface area contributed by atoms with E-state index >= 15 is 0 Å². The average Bonchev–Trinajstić information content (AvgIpc) is 2.72. The standard InChI is InChI=1S/C20H21FN4O3/c1-14(26)24-9-11-25(12-10-24)20(28)18-8-4-7-17(23-18)19(27)22-13-15-5-2-3-6-16(15)21/h2-8H,9-13H2,1H3,(H,22,27). The van der Waals surface area contributed by atoms with E-state index in [9.17, 15) is 18.8 Å². The molecule has 0 atom stereocenters. The lowest BCUT2D eigenvalue weighted by molar-refractivity contribution is -0.130. The predicted molar refractivity (Wildman–Crippen MR) is 100.0 cm³/mol. The highest BCUT2D eigenvalue weighted by Gasteiger charge is 2.24. The molecule has 1 saturated heterocycles. The fourth-order valence-electron chi connectivity index (χ4n) is 2.97. The Kier molecular flexibility index (Phi) is 5.98. The zero-order valence-corrected chi connectivity index (χ0v) is 15.5. The molecule has 0 bridgehead atoms. The summed E-state index contributed by atoms with van der Waals surface area (Å²) in [4.78, 5) is 43.8. The van der Waals surface area contributed by atoms with Crippen molar-refractivity contribution in [2.24, 2.45) is 0 Å². The van der Waals surface area contributed by atoms with Gasteiger partial charge in [-0.2, -0.15) is 0 Å². The number of piperazine rings is 1. The van der Waals surface area contributed by atoms with Crippen LogP contribution in [0.2, 0.25) is 0 Å². The summed E-state index contributed by atoms with van der Waals surface area (Å²) in [6.45, 7) is 3.32. The van der Waals surface area contributed by atoms with Gasteiger partial charge in [-0.3, -0.25) is 14.4 Å².